The number of pyridine rings is 1. The van der Waals surface area contributed by atoms with E-state index in [0.717, 1.165) is 49.2 Å². The number of aromatic nitrogens is 1. The molecule has 232 valence electrons. The van der Waals surface area contributed by atoms with Crippen LogP contribution in [0, 0.1) is 0 Å². The first-order chi connectivity index (χ1) is 21.3. The molecule has 4 aromatic rings. The molecule has 1 aliphatic rings. The third-order valence-electron chi connectivity index (χ3n) is 8.03. The summed E-state index contributed by atoms with van der Waals surface area (Å²) in [7, 11) is 2.12. The fraction of sp³-hybridized carbons (Fsp3) is 0.343. The zero-order chi connectivity index (χ0) is 30.9. The lowest BCUT2D eigenvalue weighted by Gasteiger charge is -2.33. The van der Waals surface area contributed by atoms with Gasteiger partial charge in [-0.25, -0.2) is 0 Å². The van der Waals surface area contributed by atoms with Crippen molar-refractivity contribution in [3.63, 3.8) is 0 Å². The zero-order valence-corrected chi connectivity index (χ0v) is 25.6. The van der Waals surface area contributed by atoms with Crippen molar-refractivity contribution < 1.29 is 17.9 Å². The highest BCUT2D eigenvalue weighted by molar-refractivity contribution is 6.32. The standard InChI is InChI=1S/C35H38ClF3N4O/c1-41-20-22-43(23-21-41)32-17-9-18-33(40-32)44-24-10-19-42(25-29-15-8-16-31(34(29)36)35(37,38)39)26-30(27-11-4-2-5-12-27)28-13-6-3-7-14-28/h2-9,11-18,30H,10,19-26H2,1H3. The molecule has 0 N–H and O–H groups in total. The number of nitrogens with zero attached hydrogens (tertiary/aromatic N) is 4. The minimum Gasteiger partial charge on any atom is -0.478 e. The molecule has 1 aliphatic heterocycles. The van der Waals surface area contributed by atoms with Crippen LogP contribution in [0.2, 0.25) is 5.02 Å². The van der Waals surface area contributed by atoms with Crippen molar-refractivity contribution in [2.45, 2.75) is 25.1 Å². The van der Waals surface area contributed by atoms with Gasteiger partial charge < -0.3 is 14.5 Å². The van der Waals surface area contributed by atoms with Gasteiger partial charge in [0.2, 0.25) is 5.88 Å². The van der Waals surface area contributed by atoms with Crippen LogP contribution in [-0.2, 0) is 12.7 Å². The van der Waals surface area contributed by atoms with Crippen LogP contribution in [0.25, 0.3) is 0 Å². The van der Waals surface area contributed by atoms with E-state index >= 15 is 0 Å². The molecule has 1 saturated heterocycles. The largest absolute Gasteiger partial charge is 0.478 e. The topological polar surface area (TPSA) is 31.8 Å². The van der Waals surface area contributed by atoms with Crippen molar-refractivity contribution in [3.8, 4) is 5.88 Å². The Morgan fingerprint density at radius 3 is 2.11 bits per heavy atom. The molecule has 0 saturated carbocycles. The van der Waals surface area contributed by atoms with Crippen LogP contribution in [0.15, 0.2) is 97.1 Å². The van der Waals surface area contributed by atoms with E-state index in [0.29, 0.717) is 37.6 Å². The van der Waals surface area contributed by atoms with Crippen molar-refractivity contribution in [1.29, 1.82) is 0 Å². The van der Waals surface area contributed by atoms with Gasteiger partial charge in [-0.1, -0.05) is 90.5 Å². The van der Waals surface area contributed by atoms with Crippen molar-refractivity contribution in [2.24, 2.45) is 0 Å². The number of anilines is 1. The molecule has 0 spiro atoms. The number of halogens is 4. The maximum Gasteiger partial charge on any atom is 0.417 e. The minimum absolute atomic E-state index is 0.0184. The van der Waals surface area contributed by atoms with E-state index in [1.807, 2.05) is 54.6 Å². The lowest BCUT2D eigenvalue weighted by atomic mass is 9.90. The first-order valence-electron chi connectivity index (χ1n) is 15.0. The second kappa shape index (κ2) is 14.9. The number of ether oxygens (including phenoxy) is 1. The number of likely N-dealkylation sites (N-methyl/N-ethyl adjacent to an activating group) is 1. The van der Waals surface area contributed by atoms with Crippen LogP contribution in [-0.4, -0.2) is 67.7 Å². The third kappa shape index (κ3) is 8.52. The van der Waals surface area contributed by atoms with E-state index in [1.165, 1.54) is 6.07 Å². The van der Waals surface area contributed by atoms with Gasteiger partial charge in [-0.2, -0.15) is 18.2 Å². The second-order valence-electron chi connectivity index (χ2n) is 11.2. The van der Waals surface area contributed by atoms with Gasteiger partial charge in [0.25, 0.3) is 0 Å². The zero-order valence-electron chi connectivity index (χ0n) is 24.9. The summed E-state index contributed by atoms with van der Waals surface area (Å²) in [5.74, 6) is 1.50. The number of hydrogen-bond acceptors (Lipinski definition) is 5. The second-order valence-corrected chi connectivity index (χ2v) is 11.6. The van der Waals surface area contributed by atoms with Crippen LogP contribution >= 0.6 is 11.6 Å². The Bertz CT molecular complexity index is 1420. The predicted octanol–water partition coefficient (Wildman–Crippen LogP) is 7.61. The van der Waals surface area contributed by atoms with Gasteiger partial charge in [0.1, 0.15) is 5.82 Å². The number of rotatable bonds is 12. The van der Waals surface area contributed by atoms with Crippen LogP contribution in [0.4, 0.5) is 19.0 Å². The van der Waals surface area contributed by atoms with Crippen LogP contribution < -0.4 is 9.64 Å². The average Bonchev–Trinajstić information content (AvgIpc) is 3.03. The predicted molar refractivity (Wildman–Crippen MR) is 171 cm³/mol. The maximum atomic E-state index is 13.7. The first-order valence-corrected chi connectivity index (χ1v) is 15.4. The molecule has 5 nitrogen and oxygen atoms in total. The molecular weight excluding hydrogens is 585 g/mol. The average molecular weight is 623 g/mol. The van der Waals surface area contributed by atoms with Gasteiger partial charge in [0, 0.05) is 57.8 Å². The molecule has 0 amide bonds. The number of hydrogen-bond donors (Lipinski definition) is 0. The molecule has 2 heterocycles. The van der Waals surface area contributed by atoms with E-state index in [2.05, 4.69) is 46.0 Å². The molecule has 3 aromatic carbocycles. The Balaban J connectivity index is 1.31. The maximum absolute atomic E-state index is 13.7. The Morgan fingerprint density at radius 1 is 0.841 bits per heavy atom. The highest BCUT2D eigenvalue weighted by Gasteiger charge is 2.34. The third-order valence-corrected chi connectivity index (χ3v) is 8.47. The van der Waals surface area contributed by atoms with Crippen LogP contribution in [0.5, 0.6) is 5.88 Å². The van der Waals surface area contributed by atoms with Gasteiger partial charge in [0.05, 0.1) is 17.2 Å². The Hall–Kier alpha value is -3.59. The summed E-state index contributed by atoms with van der Waals surface area (Å²) in [6.45, 7) is 5.72. The molecule has 0 radical (unpaired) electrons. The molecule has 44 heavy (non-hydrogen) atoms. The lowest BCUT2D eigenvalue weighted by Crippen LogP contribution is -2.44. The molecule has 5 rings (SSSR count). The fourth-order valence-electron chi connectivity index (χ4n) is 5.59. The summed E-state index contributed by atoms with van der Waals surface area (Å²) in [6.07, 6.45) is -3.86. The SMILES string of the molecule is CN1CCN(c2cccc(OCCCN(Cc3cccc(C(F)(F)F)c3Cl)CC(c3ccccc3)c3ccccc3)n2)CC1. The normalized spacial score (nSPS) is 14.4. The van der Waals surface area contributed by atoms with E-state index in [-0.39, 0.29) is 17.5 Å². The van der Waals surface area contributed by atoms with E-state index in [9.17, 15) is 13.2 Å². The molecule has 0 atom stereocenters. The summed E-state index contributed by atoms with van der Waals surface area (Å²) >= 11 is 6.35. The summed E-state index contributed by atoms with van der Waals surface area (Å²) in [4.78, 5) is 11.5. The lowest BCUT2D eigenvalue weighted by molar-refractivity contribution is -0.137. The summed E-state index contributed by atoms with van der Waals surface area (Å²) in [6, 6.07) is 30.3. The number of alkyl halides is 3. The molecular formula is C35H38ClF3N4O. The highest BCUT2D eigenvalue weighted by Crippen LogP contribution is 2.37. The summed E-state index contributed by atoms with van der Waals surface area (Å²) in [5.41, 5.74) is 1.91. The van der Waals surface area contributed by atoms with Crippen molar-refractivity contribution in [2.75, 3.05) is 57.8 Å². The molecule has 1 aromatic heterocycles. The number of piperazine rings is 1. The smallest absolute Gasteiger partial charge is 0.417 e. The van der Waals surface area contributed by atoms with Crippen molar-refractivity contribution in [3.05, 3.63) is 124 Å². The van der Waals surface area contributed by atoms with E-state index in [4.69, 9.17) is 21.3 Å². The molecule has 9 heteroatoms. The van der Waals surface area contributed by atoms with Crippen LogP contribution in [0.1, 0.15) is 34.6 Å². The summed E-state index contributed by atoms with van der Waals surface area (Å²) in [5, 5.41) is -0.248. The van der Waals surface area contributed by atoms with Gasteiger partial charge in [0.15, 0.2) is 0 Å². The van der Waals surface area contributed by atoms with Gasteiger partial charge in [-0.3, -0.25) is 4.90 Å². The van der Waals surface area contributed by atoms with Crippen molar-refractivity contribution in [1.82, 2.24) is 14.8 Å². The first kappa shape index (κ1) is 31.8. The van der Waals surface area contributed by atoms with Crippen molar-refractivity contribution >= 4 is 17.4 Å². The molecule has 0 unspecified atom stereocenters. The fourth-order valence-corrected chi connectivity index (χ4v) is 5.88. The quantitative estimate of drug-likeness (QED) is 0.152. The monoisotopic (exact) mass is 622 g/mol. The molecule has 1 fully saturated rings. The van der Waals surface area contributed by atoms with Gasteiger partial charge in [-0.05, 0) is 42.3 Å². The summed E-state index contributed by atoms with van der Waals surface area (Å²) < 4.78 is 47.1. The Labute approximate surface area is 262 Å². The highest BCUT2D eigenvalue weighted by atomic mass is 35.5. The van der Waals surface area contributed by atoms with E-state index < -0.39 is 11.7 Å². The van der Waals surface area contributed by atoms with E-state index in [1.54, 1.807) is 6.07 Å². The molecule has 0 bridgehead atoms. The number of benzene rings is 3. The van der Waals surface area contributed by atoms with Gasteiger partial charge in [-0.15, -0.1) is 0 Å². The van der Waals surface area contributed by atoms with Gasteiger partial charge >= 0.3 is 6.18 Å². The van der Waals surface area contributed by atoms with Crippen LogP contribution in [0.3, 0.4) is 0 Å². The Morgan fingerprint density at radius 2 is 1.48 bits per heavy atom. The molecule has 0 aliphatic carbocycles. The Kier molecular flexibility index (Phi) is 10.8. The minimum atomic E-state index is -4.52.